The van der Waals surface area contributed by atoms with Crippen LogP contribution in [0.15, 0.2) is 83.0 Å². The Kier molecular flexibility index (Phi) is 7.93. The van der Waals surface area contributed by atoms with E-state index in [-0.39, 0.29) is 29.0 Å². The van der Waals surface area contributed by atoms with E-state index in [2.05, 4.69) is 44.8 Å². The van der Waals surface area contributed by atoms with E-state index in [0.717, 1.165) is 17.5 Å². The average Bonchev–Trinajstić information content (AvgIpc) is 3.12. The predicted molar refractivity (Wildman–Crippen MR) is 153 cm³/mol. The number of carbonyl (C=O) groups excluding carboxylic acids is 1. The van der Waals surface area contributed by atoms with Gasteiger partial charge < -0.3 is 14.4 Å². The molecule has 0 bridgehead atoms. The number of hydrogen-bond acceptors (Lipinski definition) is 4. The monoisotopic (exact) mass is 531 g/mol. The largest absolute Gasteiger partial charge is 0.493 e. The molecule has 1 aromatic heterocycles. The lowest BCUT2D eigenvalue weighted by Gasteiger charge is -2.33. The molecule has 0 aliphatic rings. The van der Waals surface area contributed by atoms with Crippen LogP contribution in [-0.2, 0) is 16.8 Å². The molecule has 4 rings (SSSR count). The van der Waals surface area contributed by atoms with Gasteiger partial charge in [-0.3, -0.25) is 4.79 Å². The number of carbonyl (C=O) groups is 1. The summed E-state index contributed by atoms with van der Waals surface area (Å²) < 4.78 is 7.36. The van der Waals surface area contributed by atoms with Crippen LogP contribution in [0.4, 0.5) is 5.69 Å². The molecule has 0 fully saturated rings. The van der Waals surface area contributed by atoms with E-state index >= 15 is 0 Å². The number of aromatic nitrogens is 1. The SMILES string of the molecule is CC(C)(C)CC(C)(C)c1ccc(OCC(=O)N=Nc2c(O)n(Cc3ccccc3Cl)c3ccccc23)cc1. The Hall–Kier alpha value is -3.64. The van der Waals surface area contributed by atoms with Crippen molar-refractivity contribution in [2.75, 3.05) is 6.61 Å². The van der Waals surface area contributed by atoms with E-state index in [1.54, 1.807) is 10.6 Å². The van der Waals surface area contributed by atoms with Crippen LogP contribution in [0.2, 0.25) is 5.02 Å². The third-order valence-electron chi connectivity index (χ3n) is 6.44. The van der Waals surface area contributed by atoms with Crippen LogP contribution in [0.5, 0.6) is 11.6 Å². The van der Waals surface area contributed by atoms with E-state index < -0.39 is 5.91 Å². The second-order valence-corrected chi connectivity index (χ2v) is 11.8. The Balaban J connectivity index is 1.46. The summed E-state index contributed by atoms with van der Waals surface area (Å²) in [7, 11) is 0. The van der Waals surface area contributed by atoms with Crippen LogP contribution in [0.1, 0.15) is 52.2 Å². The minimum Gasteiger partial charge on any atom is -0.493 e. The number of amides is 1. The molecule has 4 aromatic rings. The number of ether oxygens (including phenoxy) is 1. The highest BCUT2D eigenvalue weighted by atomic mass is 35.5. The Morgan fingerprint density at radius 3 is 2.29 bits per heavy atom. The van der Waals surface area contributed by atoms with Crippen LogP contribution in [0.3, 0.4) is 0 Å². The van der Waals surface area contributed by atoms with E-state index in [4.69, 9.17) is 16.3 Å². The van der Waals surface area contributed by atoms with Crippen LogP contribution in [0, 0.1) is 5.41 Å². The fraction of sp³-hybridized carbons (Fsp3) is 0.323. The summed E-state index contributed by atoms with van der Waals surface area (Å²) in [6, 6.07) is 22.7. The molecule has 3 aromatic carbocycles. The van der Waals surface area contributed by atoms with E-state index in [1.165, 1.54) is 5.56 Å². The number of nitrogens with zero attached hydrogens (tertiary/aromatic N) is 3. The number of para-hydroxylation sites is 1. The number of aromatic hydroxyl groups is 1. The van der Waals surface area contributed by atoms with Gasteiger partial charge in [0, 0.05) is 10.4 Å². The minimum absolute atomic E-state index is 0.0217. The number of halogens is 1. The summed E-state index contributed by atoms with van der Waals surface area (Å²) in [5.74, 6) is -0.0513. The third-order valence-corrected chi connectivity index (χ3v) is 6.80. The van der Waals surface area contributed by atoms with Crippen molar-refractivity contribution in [3.05, 3.63) is 88.9 Å². The van der Waals surface area contributed by atoms with Gasteiger partial charge in [0.25, 0.3) is 0 Å². The standard InChI is InChI=1S/C31H34ClN3O3/c1-30(2,3)20-31(4,5)22-14-16-23(17-15-22)38-19-27(36)33-34-28-24-11-7-9-13-26(24)35(29(28)37)18-21-10-6-8-12-25(21)32/h6-17,37H,18-20H2,1-5H3. The molecule has 198 valence electrons. The summed E-state index contributed by atoms with van der Waals surface area (Å²) in [6.07, 6.45) is 1.04. The maximum absolute atomic E-state index is 12.5. The topological polar surface area (TPSA) is 76.2 Å². The molecule has 1 heterocycles. The summed E-state index contributed by atoms with van der Waals surface area (Å²) in [5.41, 5.74) is 3.29. The molecule has 0 unspecified atom stereocenters. The van der Waals surface area contributed by atoms with Crippen molar-refractivity contribution in [1.29, 1.82) is 0 Å². The van der Waals surface area contributed by atoms with Gasteiger partial charge >= 0.3 is 5.91 Å². The smallest absolute Gasteiger partial charge is 0.302 e. The van der Waals surface area contributed by atoms with Crippen molar-refractivity contribution in [2.45, 2.75) is 53.0 Å². The van der Waals surface area contributed by atoms with Crippen molar-refractivity contribution in [3.63, 3.8) is 0 Å². The first-order valence-electron chi connectivity index (χ1n) is 12.7. The fourth-order valence-corrected chi connectivity index (χ4v) is 5.23. The third kappa shape index (κ3) is 6.43. The molecular formula is C31H34ClN3O3. The molecular weight excluding hydrogens is 498 g/mol. The predicted octanol–water partition coefficient (Wildman–Crippen LogP) is 8.45. The lowest BCUT2D eigenvalue weighted by atomic mass is 9.72. The average molecular weight is 532 g/mol. The minimum atomic E-state index is -0.551. The highest BCUT2D eigenvalue weighted by molar-refractivity contribution is 6.31. The van der Waals surface area contributed by atoms with Gasteiger partial charge in [-0.2, -0.15) is 0 Å². The number of azo groups is 1. The first-order valence-corrected chi connectivity index (χ1v) is 13.0. The molecule has 0 aliphatic carbocycles. The van der Waals surface area contributed by atoms with Crippen molar-refractivity contribution in [3.8, 4) is 11.6 Å². The molecule has 38 heavy (non-hydrogen) atoms. The van der Waals surface area contributed by atoms with Crippen LogP contribution < -0.4 is 4.74 Å². The Labute approximate surface area is 228 Å². The van der Waals surface area contributed by atoms with Crippen LogP contribution in [0.25, 0.3) is 10.9 Å². The molecule has 0 spiro atoms. The Bertz CT molecular complexity index is 1460. The molecule has 0 saturated carbocycles. The van der Waals surface area contributed by atoms with Gasteiger partial charge in [0.05, 0.1) is 12.1 Å². The second-order valence-electron chi connectivity index (χ2n) is 11.4. The van der Waals surface area contributed by atoms with Gasteiger partial charge in [-0.25, -0.2) is 0 Å². The van der Waals surface area contributed by atoms with E-state index in [9.17, 15) is 9.90 Å². The van der Waals surface area contributed by atoms with Crippen molar-refractivity contribution in [1.82, 2.24) is 4.57 Å². The highest BCUT2D eigenvalue weighted by Gasteiger charge is 2.27. The molecule has 0 atom stereocenters. The van der Waals surface area contributed by atoms with Crippen LogP contribution >= 0.6 is 11.6 Å². The van der Waals surface area contributed by atoms with Gasteiger partial charge in [0.15, 0.2) is 12.3 Å². The molecule has 6 nitrogen and oxygen atoms in total. The molecule has 0 radical (unpaired) electrons. The zero-order valence-electron chi connectivity index (χ0n) is 22.5. The van der Waals surface area contributed by atoms with Gasteiger partial charge in [-0.1, -0.05) is 94.8 Å². The van der Waals surface area contributed by atoms with Gasteiger partial charge in [0.1, 0.15) is 5.75 Å². The van der Waals surface area contributed by atoms with Crippen molar-refractivity contribution >= 4 is 34.1 Å². The molecule has 7 heteroatoms. The lowest BCUT2D eigenvalue weighted by Crippen LogP contribution is -2.24. The number of benzene rings is 3. The first kappa shape index (κ1) is 27.4. The summed E-state index contributed by atoms with van der Waals surface area (Å²) >= 11 is 6.33. The first-order chi connectivity index (χ1) is 17.9. The van der Waals surface area contributed by atoms with Gasteiger partial charge in [-0.15, -0.1) is 10.2 Å². The zero-order valence-corrected chi connectivity index (χ0v) is 23.3. The van der Waals surface area contributed by atoms with Crippen molar-refractivity contribution < 1.29 is 14.6 Å². The van der Waals surface area contributed by atoms with Crippen molar-refractivity contribution in [2.24, 2.45) is 15.6 Å². The van der Waals surface area contributed by atoms with E-state index in [0.29, 0.717) is 22.7 Å². The second kappa shape index (κ2) is 11.0. The van der Waals surface area contributed by atoms with E-state index in [1.807, 2.05) is 66.7 Å². The molecule has 1 N–H and O–H groups in total. The zero-order chi connectivity index (χ0) is 27.5. The van der Waals surface area contributed by atoms with Gasteiger partial charge in [0.2, 0.25) is 5.88 Å². The summed E-state index contributed by atoms with van der Waals surface area (Å²) in [4.78, 5) is 12.5. The Morgan fingerprint density at radius 2 is 1.61 bits per heavy atom. The summed E-state index contributed by atoms with van der Waals surface area (Å²) in [5, 5.41) is 20.2. The van der Waals surface area contributed by atoms with Crippen LogP contribution in [-0.4, -0.2) is 22.2 Å². The van der Waals surface area contributed by atoms with Gasteiger partial charge in [-0.05, 0) is 52.6 Å². The maximum atomic E-state index is 12.5. The quantitative estimate of drug-likeness (QED) is 0.232. The summed E-state index contributed by atoms with van der Waals surface area (Å²) in [6.45, 7) is 11.3. The molecule has 0 saturated heterocycles. The Morgan fingerprint density at radius 1 is 0.947 bits per heavy atom. The number of hydrogen-bond donors (Lipinski definition) is 1. The lowest BCUT2D eigenvalue weighted by molar-refractivity contribution is -0.120. The molecule has 1 amide bonds. The fourth-order valence-electron chi connectivity index (χ4n) is 5.04. The normalized spacial score (nSPS) is 12.4. The number of fused-ring (bicyclic) bond motifs is 1. The molecule has 0 aliphatic heterocycles. The highest BCUT2D eigenvalue weighted by Crippen LogP contribution is 2.40. The maximum Gasteiger partial charge on any atom is 0.302 e. The number of rotatable bonds is 8.